The van der Waals surface area contributed by atoms with Crippen molar-refractivity contribution >= 4 is 40.4 Å². The Bertz CT molecular complexity index is 1240. The monoisotopic (exact) mass is 492 g/mol. The molecule has 0 saturated heterocycles. The van der Waals surface area contributed by atoms with Crippen LogP contribution in [0.2, 0.25) is 5.02 Å². The first-order valence-corrected chi connectivity index (χ1v) is 11.7. The summed E-state index contributed by atoms with van der Waals surface area (Å²) >= 11 is 8.23. The molecule has 0 spiro atoms. The Hall–Kier alpha value is -2.55. The third kappa shape index (κ3) is 5.69. The van der Waals surface area contributed by atoms with Gasteiger partial charge in [-0.15, -0.1) is 11.8 Å². The van der Waals surface area contributed by atoms with E-state index in [2.05, 4.69) is 0 Å². The summed E-state index contributed by atoms with van der Waals surface area (Å²) in [6.45, 7) is 2.42. The summed E-state index contributed by atoms with van der Waals surface area (Å²) < 4.78 is 25.5. The molecular formula is C24H26ClFN2O4S. The highest BCUT2D eigenvalue weighted by atomic mass is 35.5. The van der Waals surface area contributed by atoms with Crippen LogP contribution >= 0.6 is 23.4 Å². The van der Waals surface area contributed by atoms with Crippen LogP contribution < -0.4 is 10.4 Å². The summed E-state index contributed by atoms with van der Waals surface area (Å²) in [6, 6.07) is 8.19. The normalized spacial score (nSPS) is 11.3. The summed E-state index contributed by atoms with van der Waals surface area (Å²) in [6.07, 6.45) is -0.489. The fourth-order valence-electron chi connectivity index (χ4n) is 3.39. The molecule has 0 aliphatic carbocycles. The zero-order valence-corrected chi connectivity index (χ0v) is 20.8. The van der Waals surface area contributed by atoms with Crippen molar-refractivity contribution in [3.63, 3.8) is 0 Å². The van der Waals surface area contributed by atoms with E-state index >= 15 is 0 Å². The maximum atomic E-state index is 14.9. The molecule has 1 amide bonds. The average molecular weight is 493 g/mol. The van der Waals surface area contributed by atoms with E-state index in [1.165, 1.54) is 31.1 Å². The second kappa shape index (κ2) is 10.6. The van der Waals surface area contributed by atoms with E-state index in [0.29, 0.717) is 28.1 Å². The number of rotatable bonds is 7. The van der Waals surface area contributed by atoms with E-state index < -0.39 is 17.5 Å². The summed E-state index contributed by atoms with van der Waals surface area (Å²) in [5.74, 6) is -0.162. The van der Waals surface area contributed by atoms with Crippen LogP contribution in [0, 0.1) is 5.82 Å². The smallest absolute Gasteiger partial charge is 0.414 e. The van der Waals surface area contributed by atoms with Crippen LogP contribution in [0.1, 0.15) is 23.6 Å². The van der Waals surface area contributed by atoms with Gasteiger partial charge in [0.2, 0.25) is 0 Å². The number of nitrogens with zero attached hydrogens (tertiary/aromatic N) is 2. The van der Waals surface area contributed by atoms with Crippen molar-refractivity contribution in [2.45, 2.75) is 24.8 Å². The van der Waals surface area contributed by atoms with E-state index in [0.717, 1.165) is 16.2 Å². The van der Waals surface area contributed by atoms with Crippen LogP contribution in [0.4, 0.5) is 9.18 Å². The molecule has 1 aromatic heterocycles. The first kappa shape index (κ1) is 25.1. The topological polar surface area (TPSA) is 63.0 Å². The molecule has 0 unspecified atom stereocenters. The third-order valence-electron chi connectivity index (χ3n) is 4.92. The Morgan fingerprint density at radius 2 is 1.91 bits per heavy atom. The van der Waals surface area contributed by atoms with E-state index in [1.807, 2.05) is 44.1 Å². The molecule has 0 atom stereocenters. The Kier molecular flexibility index (Phi) is 8.05. The van der Waals surface area contributed by atoms with Crippen LogP contribution in [-0.2, 0) is 13.0 Å². The van der Waals surface area contributed by atoms with Gasteiger partial charge in [0.05, 0.1) is 5.02 Å². The summed E-state index contributed by atoms with van der Waals surface area (Å²) in [4.78, 5) is 28.9. The van der Waals surface area contributed by atoms with Crippen LogP contribution in [0.25, 0.3) is 11.0 Å². The molecule has 176 valence electrons. The molecule has 0 aliphatic rings. The zero-order chi connectivity index (χ0) is 24.3. The van der Waals surface area contributed by atoms with Gasteiger partial charge in [0.25, 0.3) is 0 Å². The van der Waals surface area contributed by atoms with Gasteiger partial charge >= 0.3 is 11.7 Å². The summed E-state index contributed by atoms with van der Waals surface area (Å²) in [5, 5.41) is 1.03. The van der Waals surface area contributed by atoms with Gasteiger partial charge in [-0.25, -0.2) is 14.0 Å². The molecule has 0 bridgehead atoms. The fraction of sp³-hybridized carbons (Fsp3) is 0.333. The lowest BCUT2D eigenvalue weighted by Crippen LogP contribution is -2.25. The molecule has 2 aromatic carbocycles. The molecular weight excluding hydrogens is 467 g/mol. The minimum Gasteiger partial charge on any atom is -0.422 e. The van der Waals surface area contributed by atoms with Crippen molar-refractivity contribution in [3.05, 3.63) is 68.3 Å². The van der Waals surface area contributed by atoms with Crippen LogP contribution in [-0.4, -0.2) is 49.8 Å². The number of benzene rings is 2. The Morgan fingerprint density at radius 1 is 1.18 bits per heavy atom. The molecule has 3 aromatic rings. The molecule has 0 saturated carbocycles. The van der Waals surface area contributed by atoms with Gasteiger partial charge in [-0.3, -0.25) is 0 Å². The molecule has 33 heavy (non-hydrogen) atoms. The minimum absolute atomic E-state index is 0.143. The average Bonchev–Trinajstić information content (AvgIpc) is 2.74. The Morgan fingerprint density at radius 3 is 2.55 bits per heavy atom. The van der Waals surface area contributed by atoms with Gasteiger partial charge in [0.15, 0.2) is 11.6 Å². The van der Waals surface area contributed by atoms with Gasteiger partial charge in [0.1, 0.15) is 5.58 Å². The predicted molar refractivity (Wildman–Crippen MR) is 130 cm³/mol. The Balaban J connectivity index is 2.16. The van der Waals surface area contributed by atoms with Crippen LogP contribution in [0.15, 0.2) is 44.4 Å². The van der Waals surface area contributed by atoms with Gasteiger partial charge < -0.3 is 19.0 Å². The van der Waals surface area contributed by atoms with Crippen molar-refractivity contribution in [3.8, 4) is 5.75 Å². The first-order chi connectivity index (χ1) is 15.6. The van der Waals surface area contributed by atoms with E-state index in [-0.39, 0.29) is 17.8 Å². The molecule has 0 radical (unpaired) electrons. The Labute approximate surface area is 201 Å². The number of halogens is 2. The maximum absolute atomic E-state index is 14.9. The van der Waals surface area contributed by atoms with Gasteiger partial charge in [0, 0.05) is 49.0 Å². The van der Waals surface area contributed by atoms with Gasteiger partial charge in [-0.05, 0) is 43.1 Å². The highest BCUT2D eigenvalue weighted by Gasteiger charge is 2.21. The minimum atomic E-state index is -0.736. The molecule has 0 fully saturated rings. The van der Waals surface area contributed by atoms with Gasteiger partial charge in [-0.2, -0.15) is 0 Å². The molecule has 0 N–H and O–H groups in total. The molecule has 0 aliphatic heterocycles. The second-order valence-corrected chi connectivity index (χ2v) is 9.65. The van der Waals surface area contributed by atoms with Crippen LogP contribution in [0.3, 0.4) is 0 Å². The van der Waals surface area contributed by atoms with Crippen molar-refractivity contribution in [1.29, 1.82) is 0 Å². The van der Waals surface area contributed by atoms with Crippen molar-refractivity contribution in [2.75, 3.05) is 33.9 Å². The molecule has 3 rings (SSSR count). The maximum Gasteiger partial charge on any atom is 0.414 e. The molecule has 6 nitrogen and oxygen atoms in total. The predicted octanol–water partition coefficient (Wildman–Crippen LogP) is 5.41. The van der Waals surface area contributed by atoms with Crippen molar-refractivity contribution in [1.82, 2.24) is 9.80 Å². The summed E-state index contributed by atoms with van der Waals surface area (Å²) in [5.41, 5.74) is 1.44. The number of carbonyl (C=O) groups is 1. The highest BCUT2D eigenvalue weighted by Crippen LogP contribution is 2.33. The largest absolute Gasteiger partial charge is 0.422 e. The number of amides is 1. The van der Waals surface area contributed by atoms with E-state index in [9.17, 15) is 14.0 Å². The molecule has 9 heteroatoms. The SMILES string of the molecule is CCSc1cccc(Cc2c(CN(C)C)c3cc(F)c(OC(=O)N(C)C)cc3oc2=O)c1Cl. The zero-order valence-electron chi connectivity index (χ0n) is 19.2. The fourth-order valence-corrected chi connectivity index (χ4v) is 4.49. The van der Waals surface area contributed by atoms with Gasteiger partial charge in [-0.1, -0.05) is 30.7 Å². The number of fused-ring (bicyclic) bond motifs is 1. The number of hydrogen-bond acceptors (Lipinski definition) is 6. The van der Waals surface area contributed by atoms with E-state index in [4.69, 9.17) is 20.8 Å². The standard InChI is InChI=1S/C24H26ClFN2O4S/c1-6-33-21-9-7-8-14(22(21)25)10-16-17(13-27(2)3)15-11-18(26)20(32-24(30)28(4)5)12-19(15)31-23(16)29/h7-9,11-12H,6,10,13H2,1-5H3. The third-order valence-corrected chi connectivity index (χ3v) is 6.42. The highest BCUT2D eigenvalue weighted by molar-refractivity contribution is 7.99. The summed E-state index contributed by atoms with van der Waals surface area (Å²) in [7, 11) is 6.70. The number of thioether (sulfide) groups is 1. The number of hydrogen-bond donors (Lipinski definition) is 0. The second-order valence-electron chi connectivity index (χ2n) is 7.96. The quantitative estimate of drug-likeness (QED) is 0.324. The molecule has 1 heterocycles. The van der Waals surface area contributed by atoms with Crippen molar-refractivity contribution in [2.24, 2.45) is 0 Å². The first-order valence-electron chi connectivity index (χ1n) is 10.3. The lowest BCUT2D eigenvalue weighted by molar-refractivity contribution is 0.170. The number of carbonyl (C=O) groups excluding carboxylic acids is 1. The lowest BCUT2D eigenvalue weighted by atomic mass is 9.98. The van der Waals surface area contributed by atoms with Crippen molar-refractivity contribution < 1.29 is 18.3 Å². The van der Waals surface area contributed by atoms with Crippen LogP contribution in [0.5, 0.6) is 5.75 Å². The van der Waals surface area contributed by atoms with E-state index in [1.54, 1.807) is 11.8 Å². The number of ether oxygens (including phenoxy) is 1. The lowest BCUT2D eigenvalue weighted by Gasteiger charge is -2.17.